The summed E-state index contributed by atoms with van der Waals surface area (Å²) in [5.74, 6) is -0.870. The van der Waals surface area contributed by atoms with E-state index < -0.39 is 24.5 Å². The van der Waals surface area contributed by atoms with Gasteiger partial charge in [-0.3, -0.25) is 10.1 Å². The molecule has 2 N–H and O–H groups in total. The number of ether oxygens (including phenoxy) is 2. The van der Waals surface area contributed by atoms with Crippen LogP contribution in [0.5, 0.6) is 5.75 Å². The van der Waals surface area contributed by atoms with Gasteiger partial charge < -0.3 is 14.8 Å². The minimum Gasteiger partial charge on any atom is -0.497 e. The lowest BCUT2D eigenvalue weighted by Crippen LogP contribution is -2.37. The minimum atomic E-state index is -0.900. The van der Waals surface area contributed by atoms with E-state index in [0.29, 0.717) is 22.9 Å². The number of hydrogen-bond donors (Lipinski definition) is 2. The van der Waals surface area contributed by atoms with E-state index in [2.05, 4.69) is 20.7 Å². The van der Waals surface area contributed by atoms with Crippen LogP contribution in [0.25, 0.3) is 17.1 Å². The Morgan fingerprint density at radius 2 is 1.54 bits per heavy atom. The maximum atomic E-state index is 12.6. The van der Waals surface area contributed by atoms with Gasteiger partial charge in [0.1, 0.15) is 5.75 Å². The highest BCUT2D eigenvalue weighted by atomic mass is 16.5. The van der Waals surface area contributed by atoms with Gasteiger partial charge in [-0.05, 0) is 36.4 Å². The van der Waals surface area contributed by atoms with Gasteiger partial charge in [0.25, 0.3) is 11.7 Å². The average Bonchev–Trinajstić information content (AvgIpc) is 3.34. The van der Waals surface area contributed by atoms with E-state index in [1.54, 1.807) is 24.3 Å². The molecule has 10 heteroatoms. The lowest BCUT2D eigenvalue weighted by atomic mass is 10.2. The highest BCUT2D eigenvalue weighted by molar-refractivity contribution is 6.02. The Balaban J connectivity index is 1.40. The van der Waals surface area contributed by atoms with Crippen molar-refractivity contribution >= 4 is 23.6 Å². The van der Waals surface area contributed by atoms with Crippen LogP contribution in [0.4, 0.5) is 10.5 Å². The topological polar surface area (TPSA) is 124 Å². The first-order valence-corrected chi connectivity index (χ1v) is 10.5. The van der Waals surface area contributed by atoms with E-state index in [1.165, 1.54) is 11.8 Å². The molecule has 176 valence electrons. The van der Waals surface area contributed by atoms with Crippen LogP contribution in [0.1, 0.15) is 10.6 Å². The monoisotopic (exact) mass is 471 g/mol. The summed E-state index contributed by atoms with van der Waals surface area (Å²) in [5, 5.41) is 8.86. The molecule has 0 aliphatic heterocycles. The predicted octanol–water partition coefficient (Wildman–Crippen LogP) is 3.45. The van der Waals surface area contributed by atoms with Crippen molar-refractivity contribution in [1.29, 1.82) is 0 Å². The van der Waals surface area contributed by atoms with Gasteiger partial charge in [0.2, 0.25) is 0 Å². The number of methoxy groups -OCH3 is 1. The first-order chi connectivity index (χ1) is 17.0. The number of para-hydroxylation sites is 1. The number of urea groups is 1. The molecule has 0 saturated heterocycles. The zero-order valence-corrected chi connectivity index (χ0v) is 18.7. The summed E-state index contributed by atoms with van der Waals surface area (Å²) in [6.07, 6.45) is 0. The van der Waals surface area contributed by atoms with Crippen molar-refractivity contribution in [1.82, 2.24) is 20.1 Å². The number of carbonyl (C=O) groups excluding carboxylic acids is 3. The SMILES string of the molecule is COc1ccc(NC(=O)NC(=O)COC(=O)c2nc(-c3ccccc3)n(-c3ccccc3)n2)cc1. The fourth-order valence-corrected chi connectivity index (χ4v) is 3.12. The Morgan fingerprint density at radius 3 is 2.20 bits per heavy atom. The van der Waals surface area contributed by atoms with Crippen molar-refractivity contribution in [2.75, 3.05) is 19.0 Å². The first-order valence-electron chi connectivity index (χ1n) is 10.5. The average molecular weight is 471 g/mol. The number of amides is 3. The van der Waals surface area contributed by atoms with Crippen molar-refractivity contribution in [3.8, 4) is 22.8 Å². The zero-order valence-electron chi connectivity index (χ0n) is 18.7. The fourth-order valence-electron chi connectivity index (χ4n) is 3.12. The Labute approximate surface area is 200 Å². The molecule has 10 nitrogen and oxygen atoms in total. The van der Waals surface area contributed by atoms with E-state index >= 15 is 0 Å². The summed E-state index contributed by atoms with van der Waals surface area (Å²) in [6.45, 7) is -0.685. The zero-order chi connectivity index (χ0) is 24.6. The highest BCUT2D eigenvalue weighted by Crippen LogP contribution is 2.21. The molecule has 1 aromatic heterocycles. The summed E-state index contributed by atoms with van der Waals surface area (Å²) in [6, 6.07) is 24.2. The van der Waals surface area contributed by atoms with Crippen LogP contribution in [0.2, 0.25) is 0 Å². The molecule has 0 spiro atoms. The number of benzene rings is 3. The summed E-state index contributed by atoms with van der Waals surface area (Å²) >= 11 is 0. The van der Waals surface area contributed by atoms with Crippen LogP contribution in [0, 0.1) is 0 Å². The Bertz CT molecular complexity index is 1260. The standard InChI is InChI=1S/C25H21N5O5/c1-34-20-14-12-18(13-15-20)26-25(33)27-21(31)16-35-24(32)22-28-23(17-8-4-2-5-9-17)30(29-22)19-10-6-3-7-11-19/h2-15H,16H2,1H3,(H2,26,27,31,33). The smallest absolute Gasteiger partial charge is 0.378 e. The van der Waals surface area contributed by atoms with Crippen LogP contribution in [-0.2, 0) is 9.53 Å². The molecule has 3 amide bonds. The van der Waals surface area contributed by atoms with E-state index in [1.807, 2.05) is 60.7 Å². The number of aromatic nitrogens is 3. The van der Waals surface area contributed by atoms with Gasteiger partial charge in [0.05, 0.1) is 12.8 Å². The molecule has 3 aromatic carbocycles. The summed E-state index contributed by atoms with van der Waals surface area (Å²) in [4.78, 5) is 41.0. The lowest BCUT2D eigenvalue weighted by molar-refractivity contribution is -0.123. The summed E-state index contributed by atoms with van der Waals surface area (Å²) in [5.41, 5.74) is 1.90. The normalized spacial score (nSPS) is 10.3. The molecule has 0 aliphatic carbocycles. The number of rotatable bonds is 7. The highest BCUT2D eigenvalue weighted by Gasteiger charge is 2.21. The number of hydrogen-bond acceptors (Lipinski definition) is 7. The molecular weight excluding hydrogens is 450 g/mol. The molecule has 0 bridgehead atoms. The maximum absolute atomic E-state index is 12.6. The van der Waals surface area contributed by atoms with Gasteiger partial charge in [0.15, 0.2) is 12.4 Å². The van der Waals surface area contributed by atoms with Crippen molar-refractivity contribution in [2.45, 2.75) is 0 Å². The third-order valence-corrected chi connectivity index (χ3v) is 4.76. The van der Waals surface area contributed by atoms with Gasteiger partial charge >= 0.3 is 12.0 Å². The molecule has 35 heavy (non-hydrogen) atoms. The molecule has 0 atom stereocenters. The second-order valence-electron chi connectivity index (χ2n) is 7.18. The molecule has 1 heterocycles. The van der Waals surface area contributed by atoms with Crippen molar-refractivity contribution < 1.29 is 23.9 Å². The third kappa shape index (κ3) is 5.88. The largest absolute Gasteiger partial charge is 0.497 e. The quantitative estimate of drug-likeness (QED) is 0.396. The molecular formula is C25H21N5O5. The molecule has 0 aliphatic rings. The molecule has 4 rings (SSSR count). The van der Waals surface area contributed by atoms with Gasteiger partial charge in [-0.1, -0.05) is 48.5 Å². The van der Waals surface area contributed by atoms with E-state index in [-0.39, 0.29) is 5.82 Å². The number of imide groups is 1. The van der Waals surface area contributed by atoms with E-state index in [4.69, 9.17) is 9.47 Å². The second-order valence-corrected chi connectivity index (χ2v) is 7.18. The predicted molar refractivity (Wildman–Crippen MR) is 127 cm³/mol. The minimum absolute atomic E-state index is 0.219. The second kappa shape index (κ2) is 10.8. The molecule has 0 fully saturated rings. The van der Waals surface area contributed by atoms with Crippen LogP contribution in [0.15, 0.2) is 84.9 Å². The fraction of sp³-hybridized carbons (Fsp3) is 0.0800. The Hall–Kier alpha value is -4.99. The van der Waals surface area contributed by atoms with Crippen LogP contribution in [0.3, 0.4) is 0 Å². The van der Waals surface area contributed by atoms with Crippen molar-refractivity contribution in [3.05, 3.63) is 90.8 Å². The number of carbonyl (C=O) groups is 3. The maximum Gasteiger partial charge on any atom is 0.378 e. The lowest BCUT2D eigenvalue weighted by Gasteiger charge is -2.07. The van der Waals surface area contributed by atoms with Gasteiger partial charge in [-0.15, -0.1) is 5.10 Å². The Morgan fingerprint density at radius 1 is 0.886 bits per heavy atom. The van der Waals surface area contributed by atoms with Gasteiger partial charge in [-0.25, -0.2) is 19.3 Å². The van der Waals surface area contributed by atoms with Crippen LogP contribution >= 0.6 is 0 Å². The van der Waals surface area contributed by atoms with E-state index in [0.717, 1.165) is 5.56 Å². The first kappa shape index (κ1) is 23.2. The summed E-state index contributed by atoms with van der Waals surface area (Å²) < 4.78 is 11.6. The molecule has 0 saturated carbocycles. The molecule has 0 unspecified atom stereocenters. The van der Waals surface area contributed by atoms with Crippen LogP contribution < -0.4 is 15.4 Å². The third-order valence-electron chi connectivity index (χ3n) is 4.76. The van der Waals surface area contributed by atoms with Gasteiger partial charge in [-0.2, -0.15) is 0 Å². The van der Waals surface area contributed by atoms with Crippen LogP contribution in [-0.4, -0.2) is 46.4 Å². The van der Waals surface area contributed by atoms with Gasteiger partial charge in [0, 0.05) is 11.3 Å². The number of anilines is 1. The molecule has 4 aromatic rings. The molecule has 0 radical (unpaired) electrons. The van der Waals surface area contributed by atoms with Crippen molar-refractivity contribution in [2.24, 2.45) is 0 Å². The van der Waals surface area contributed by atoms with Crippen molar-refractivity contribution in [3.63, 3.8) is 0 Å². The Kier molecular flexibility index (Phi) is 7.12. The number of nitrogens with one attached hydrogen (secondary N) is 2. The van der Waals surface area contributed by atoms with E-state index in [9.17, 15) is 14.4 Å². The summed E-state index contributed by atoms with van der Waals surface area (Å²) in [7, 11) is 1.53. The number of nitrogens with zero attached hydrogens (tertiary/aromatic N) is 3. The number of esters is 1.